The molecular weight excluding hydrogens is 495 g/mol. The lowest BCUT2D eigenvalue weighted by atomic mass is 10.2. The summed E-state index contributed by atoms with van der Waals surface area (Å²) in [7, 11) is 0. The fraction of sp³-hybridized carbons (Fsp3) is 0. The monoisotopic (exact) mass is 504 g/mol. The molecule has 5 nitrogen and oxygen atoms in total. The highest BCUT2D eigenvalue weighted by Gasteiger charge is 2.14. The van der Waals surface area contributed by atoms with Gasteiger partial charge in [0.05, 0.1) is 10.7 Å². The van der Waals surface area contributed by atoms with Crippen molar-refractivity contribution >= 4 is 55.0 Å². The van der Waals surface area contributed by atoms with Crippen molar-refractivity contribution in [3.8, 4) is 11.3 Å². The molecule has 8 heteroatoms. The predicted molar refractivity (Wildman–Crippen MR) is 111 cm³/mol. The Kier molecular flexibility index (Phi) is 5.15. The summed E-state index contributed by atoms with van der Waals surface area (Å²) in [5, 5.41) is 4.67. The van der Waals surface area contributed by atoms with Crippen LogP contribution in [-0.2, 0) is 0 Å². The van der Waals surface area contributed by atoms with E-state index in [4.69, 9.17) is 8.83 Å². The Balaban J connectivity index is 1.46. The van der Waals surface area contributed by atoms with E-state index >= 15 is 0 Å². The van der Waals surface area contributed by atoms with Crippen LogP contribution in [0.5, 0.6) is 0 Å². The number of amides is 1. The number of rotatable bonds is 4. The van der Waals surface area contributed by atoms with Crippen molar-refractivity contribution in [1.82, 2.24) is 5.43 Å². The lowest BCUT2D eigenvalue weighted by Gasteiger charge is -1.96. The molecule has 140 valence electrons. The van der Waals surface area contributed by atoms with E-state index in [-0.39, 0.29) is 11.6 Å². The second-order valence-corrected chi connectivity index (χ2v) is 7.59. The van der Waals surface area contributed by atoms with Gasteiger partial charge in [0.2, 0.25) is 0 Å². The van der Waals surface area contributed by atoms with Crippen LogP contribution in [0.4, 0.5) is 4.39 Å². The summed E-state index contributed by atoms with van der Waals surface area (Å²) in [5.41, 5.74) is 3.72. The Bertz CT molecular complexity index is 1200. The Hall–Kier alpha value is -2.71. The number of carbonyl (C=O) groups excluding carboxylic acids is 1. The van der Waals surface area contributed by atoms with Crippen molar-refractivity contribution in [3.05, 3.63) is 80.9 Å². The number of halogens is 3. The molecule has 0 aliphatic carbocycles. The fourth-order valence-electron chi connectivity index (χ4n) is 2.59. The average Bonchev–Trinajstić information content (AvgIpc) is 3.29. The highest BCUT2D eigenvalue weighted by molar-refractivity contribution is 9.11. The molecule has 2 heterocycles. The van der Waals surface area contributed by atoms with Gasteiger partial charge in [0, 0.05) is 15.4 Å². The van der Waals surface area contributed by atoms with Crippen LogP contribution in [0.1, 0.15) is 16.3 Å². The Labute approximate surface area is 175 Å². The summed E-state index contributed by atoms with van der Waals surface area (Å²) in [4.78, 5) is 12.2. The Morgan fingerprint density at radius 3 is 2.61 bits per heavy atom. The molecule has 0 spiro atoms. The normalized spacial score (nSPS) is 11.4. The minimum Gasteiger partial charge on any atom is -0.455 e. The first-order chi connectivity index (χ1) is 13.5. The second-order valence-electron chi connectivity index (χ2n) is 5.82. The maximum atomic E-state index is 13.0. The van der Waals surface area contributed by atoms with Gasteiger partial charge in [0.1, 0.15) is 22.9 Å². The number of nitrogens with zero attached hydrogens (tertiary/aromatic N) is 1. The van der Waals surface area contributed by atoms with Crippen LogP contribution >= 0.6 is 31.9 Å². The molecule has 0 unspecified atom stereocenters. The quantitative estimate of drug-likeness (QED) is 0.268. The molecule has 0 atom stereocenters. The lowest BCUT2D eigenvalue weighted by molar-refractivity contribution is 0.0929. The standard InChI is InChI=1S/C20H11Br2FN2O3/c21-13-7-12-8-18(28-19(12)16(22)9-13)20(26)25-24-10-15-5-6-17(27-15)11-1-3-14(23)4-2-11/h1-10H,(H,25,26)/b24-10-. The van der Waals surface area contributed by atoms with Gasteiger partial charge in [-0.15, -0.1) is 0 Å². The van der Waals surface area contributed by atoms with Crippen LogP contribution in [0.25, 0.3) is 22.3 Å². The van der Waals surface area contributed by atoms with Crippen molar-refractivity contribution < 1.29 is 18.0 Å². The summed E-state index contributed by atoms with van der Waals surface area (Å²) in [6.07, 6.45) is 1.38. The molecule has 0 bridgehead atoms. The van der Waals surface area contributed by atoms with Gasteiger partial charge in [0.15, 0.2) is 5.76 Å². The molecule has 0 aliphatic heterocycles. The van der Waals surface area contributed by atoms with Gasteiger partial charge in [-0.3, -0.25) is 4.79 Å². The maximum absolute atomic E-state index is 13.0. The number of hydrogen-bond acceptors (Lipinski definition) is 4. The van der Waals surface area contributed by atoms with Gasteiger partial charge >= 0.3 is 5.91 Å². The maximum Gasteiger partial charge on any atom is 0.307 e. The van der Waals surface area contributed by atoms with E-state index in [9.17, 15) is 9.18 Å². The van der Waals surface area contributed by atoms with E-state index in [1.54, 1.807) is 30.3 Å². The van der Waals surface area contributed by atoms with Crippen molar-refractivity contribution in [2.75, 3.05) is 0 Å². The van der Waals surface area contributed by atoms with Gasteiger partial charge in [-0.25, -0.2) is 9.82 Å². The third kappa shape index (κ3) is 3.93. The number of hydrazone groups is 1. The minimum absolute atomic E-state index is 0.136. The molecule has 4 rings (SSSR count). The van der Waals surface area contributed by atoms with Crippen molar-refractivity contribution in [3.63, 3.8) is 0 Å². The molecule has 2 aromatic carbocycles. The largest absolute Gasteiger partial charge is 0.455 e. The molecule has 1 amide bonds. The van der Waals surface area contributed by atoms with E-state index in [2.05, 4.69) is 42.4 Å². The van der Waals surface area contributed by atoms with Gasteiger partial charge in [0.25, 0.3) is 0 Å². The van der Waals surface area contributed by atoms with Crippen molar-refractivity contribution in [1.29, 1.82) is 0 Å². The topological polar surface area (TPSA) is 67.7 Å². The third-order valence-electron chi connectivity index (χ3n) is 3.87. The lowest BCUT2D eigenvalue weighted by Crippen LogP contribution is -2.16. The van der Waals surface area contributed by atoms with Crippen LogP contribution in [0.3, 0.4) is 0 Å². The predicted octanol–water partition coefficient (Wildman–Crippen LogP) is 6.12. The summed E-state index contributed by atoms with van der Waals surface area (Å²) < 4.78 is 25.8. The van der Waals surface area contributed by atoms with E-state index in [0.717, 1.165) is 19.9 Å². The van der Waals surface area contributed by atoms with Crippen LogP contribution in [0, 0.1) is 5.82 Å². The molecule has 1 N–H and O–H groups in total. The minimum atomic E-state index is -0.485. The zero-order valence-electron chi connectivity index (χ0n) is 14.1. The first-order valence-corrected chi connectivity index (χ1v) is 9.66. The van der Waals surface area contributed by atoms with Crippen LogP contribution in [-0.4, -0.2) is 12.1 Å². The molecule has 2 aromatic heterocycles. The summed E-state index contributed by atoms with van der Waals surface area (Å²) in [6, 6.07) is 14.7. The van der Waals surface area contributed by atoms with E-state index in [1.165, 1.54) is 18.3 Å². The van der Waals surface area contributed by atoms with Gasteiger partial charge in [-0.1, -0.05) is 15.9 Å². The first-order valence-electron chi connectivity index (χ1n) is 8.07. The third-order valence-corrected chi connectivity index (χ3v) is 4.92. The van der Waals surface area contributed by atoms with Crippen LogP contribution < -0.4 is 5.43 Å². The number of nitrogens with one attached hydrogen (secondary N) is 1. The molecule has 0 saturated carbocycles. The van der Waals surface area contributed by atoms with Gasteiger partial charge < -0.3 is 8.83 Å². The number of fused-ring (bicyclic) bond motifs is 1. The molecule has 28 heavy (non-hydrogen) atoms. The molecular formula is C20H11Br2FN2O3. The molecule has 4 aromatic rings. The fourth-order valence-corrected chi connectivity index (χ4v) is 3.93. The summed E-state index contributed by atoms with van der Waals surface area (Å²) in [6.45, 7) is 0. The van der Waals surface area contributed by atoms with Gasteiger partial charge in [-0.05, 0) is 70.5 Å². The van der Waals surface area contributed by atoms with Crippen molar-refractivity contribution in [2.45, 2.75) is 0 Å². The zero-order chi connectivity index (χ0) is 19.7. The van der Waals surface area contributed by atoms with Crippen molar-refractivity contribution in [2.24, 2.45) is 5.10 Å². The second kappa shape index (κ2) is 7.73. The molecule has 0 fully saturated rings. The number of carbonyl (C=O) groups is 1. The molecule has 0 aliphatic rings. The molecule has 0 radical (unpaired) electrons. The first kappa shape index (κ1) is 18.6. The van der Waals surface area contributed by atoms with E-state index < -0.39 is 5.91 Å². The molecule has 0 saturated heterocycles. The van der Waals surface area contributed by atoms with Crippen LogP contribution in [0.2, 0.25) is 0 Å². The Morgan fingerprint density at radius 2 is 1.82 bits per heavy atom. The van der Waals surface area contributed by atoms with Crippen LogP contribution in [0.15, 0.2) is 77.5 Å². The number of hydrogen-bond donors (Lipinski definition) is 1. The summed E-state index contributed by atoms with van der Waals surface area (Å²) >= 11 is 6.80. The highest BCUT2D eigenvalue weighted by Crippen LogP contribution is 2.31. The Morgan fingerprint density at radius 1 is 1.04 bits per heavy atom. The van der Waals surface area contributed by atoms with E-state index in [0.29, 0.717) is 17.1 Å². The smallest absolute Gasteiger partial charge is 0.307 e. The average molecular weight is 506 g/mol. The summed E-state index contributed by atoms with van der Waals surface area (Å²) in [5.74, 6) is 0.347. The number of benzene rings is 2. The van der Waals surface area contributed by atoms with Gasteiger partial charge in [-0.2, -0.15) is 5.10 Å². The van der Waals surface area contributed by atoms with E-state index in [1.807, 2.05) is 12.1 Å². The number of furan rings is 2. The SMILES string of the molecule is O=C(N/N=C\c1ccc(-c2ccc(F)cc2)o1)c1cc2cc(Br)cc(Br)c2o1. The highest BCUT2D eigenvalue weighted by atomic mass is 79.9. The zero-order valence-corrected chi connectivity index (χ0v) is 17.3.